The lowest BCUT2D eigenvalue weighted by atomic mass is 9.94. The van der Waals surface area contributed by atoms with Crippen molar-refractivity contribution in [2.45, 2.75) is 51.0 Å². The molecule has 112 valence electrons. The average Bonchev–Trinajstić information content (AvgIpc) is 2.73. The lowest BCUT2D eigenvalue weighted by Gasteiger charge is -2.21. The molecule has 1 fully saturated rings. The highest BCUT2D eigenvalue weighted by Crippen LogP contribution is 2.35. The van der Waals surface area contributed by atoms with Gasteiger partial charge in [-0.25, -0.2) is 13.1 Å². The summed E-state index contributed by atoms with van der Waals surface area (Å²) in [5.41, 5.74) is 6.94. The molecule has 1 aromatic carbocycles. The lowest BCUT2D eigenvalue weighted by Crippen LogP contribution is -2.37. The summed E-state index contributed by atoms with van der Waals surface area (Å²) in [5.74, 6) is 1.00. The number of nitrogen functional groups attached to an aromatic ring is 1. The minimum Gasteiger partial charge on any atom is -0.398 e. The first kappa shape index (κ1) is 15.3. The summed E-state index contributed by atoms with van der Waals surface area (Å²) in [6.07, 6.45) is 3.12. The number of benzene rings is 1. The smallest absolute Gasteiger partial charge is 0.241 e. The predicted molar refractivity (Wildman–Crippen MR) is 81.9 cm³/mol. The maximum Gasteiger partial charge on any atom is 0.241 e. The zero-order valence-electron chi connectivity index (χ0n) is 12.4. The van der Waals surface area contributed by atoms with Crippen molar-refractivity contribution in [1.29, 1.82) is 0 Å². The molecule has 2 rings (SSSR count). The molecule has 0 bridgehead atoms. The Labute approximate surface area is 121 Å². The molecule has 0 aromatic heterocycles. The fraction of sp³-hybridized carbons (Fsp3) is 0.600. The van der Waals surface area contributed by atoms with Crippen molar-refractivity contribution in [2.75, 3.05) is 5.73 Å². The molecule has 3 unspecified atom stereocenters. The molecule has 1 aromatic rings. The van der Waals surface area contributed by atoms with Crippen molar-refractivity contribution in [1.82, 2.24) is 4.72 Å². The van der Waals surface area contributed by atoms with E-state index in [1.165, 1.54) is 0 Å². The van der Waals surface area contributed by atoms with Crippen LogP contribution in [0.15, 0.2) is 23.1 Å². The molecule has 1 aliphatic rings. The van der Waals surface area contributed by atoms with Crippen molar-refractivity contribution >= 4 is 15.7 Å². The van der Waals surface area contributed by atoms with Gasteiger partial charge in [-0.1, -0.05) is 26.3 Å². The van der Waals surface area contributed by atoms with Crippen LogP contribution in [0.25, 0.3) is 0 Å². The average molecular weight is 296 g/mol. The number of anilines is 1. The molecule has 0 aliphatic heterocycles. The van der Waals surface area contributed by atoms with Gasteiger partial charge in [0.15, 0.2) is 0 Å². The number of sulfonamides is 1. The minimum atomic E-state index is -3.49. The van der Waals surface area contributed by atoms with Gasteiger partial charge in [-0.05, 0) is 49.3 Å². The highest BCUT2D eigenvalue weighted by atomic mass is 32.2. The first-order valence-electron chi connectivity index (χ1n) is 7.24. The van der Waals surface area contributed by atoms with Crippen LogP contribution in [-0.4, -0.2) is 14.5 Å². The van der Waals surface area contributed by atoms with Gasteiger partial charge in [0.25, 0.3) is 0 Å². The van der Waals surface area contributed by atoms with Crippen LogP contribution in [0.2, 0.25) is 0 Å². The van der Waals surface area contributed by atoms with E-state index >= 15 is 0 Å². The van der Waals surface area contributed by atoms with Crippen LogP contribution in [0.3, 0.4) is 0 Å². The van der Waals surface area contributed by atoms with Gasteiger partial charge < -0.3 is 5.73 Å². The summed E-state index contributed by atoms with van der Waals surface area (Å²) in [6.45, 7) is 6.05. The van der Waals surface area contributed by atoms with Crippen molar-refractivity contribution in [2.24, 2.45) is 11.8 Å². The maximum absolute atomic E-state index is 12.5. The van der Waals surface area contributed by atoms with E-state index in [1.54, 1.807) is 25.1 Å². The van der Waals surface area contributed by atoms with Crippen LogP contribution in [-0.2, 0) is 10.0 Å². The highest BCUT2D eigenvalue weighted by Gasteiger charge is 2.34. The zero-order valence-corrected chi connectivity index (χ0v) is 13.2. The molecule has 5 heteroatoms. The summed E-state index contributed by atoms with van der Waals surface area (Å²) in [5, 5.41) is 0. The third-order valence-electron chi connectivity index (χ3n) is 4.67. The van der Waals surface area contributed by atoms with Gasteiger partial charge in [0.2, 0.25) is 10.0 Å². The van der Waals surface area contributed by atoms with Crippen LogP contribution >= 0.6 is 0 Å². The fourth-order valence-electron chi connectivity index (χ4n) is 3.18. The van der Waals surface area contributed by atoms with Crippen molar-refractivity contribution in [3.8, 4) is 0 Å². The Kier molecular flexibility index (Phi) is 4.39. The molecule has 0 spiro atoms. The summed E-state index contributed by atoms with van der Waals surface area (Å²) < 4.78 is 27.9. The van der Waals surface area contributed by atoms with E-state index in [-0.39, 0.29) is 6.04 Å². The van der Waals surface area contributed by atoms with Crippen LogP contribution in [0.4, 0.5) is 5.69 Å². The Morgan fingerprint density at radius 1 is 1.35 bits per heavy atom. The number of nitrogens with two attached hydrogens (primary N) is 1. The van der Waals surface area contributed by atoms with E-state index in [0.29, 0.717) is 28.0 Å². The summed E-state index contributed by atoms with van der Waals surface area (Å²) in [7, 11) is -3.49. The molecular formula is C15H24N2O2S. The lowest BCUT2D eigenvalue weighted by molar-refractivity contribution is 0.368. The Bertz CT molecular complexity index is 584. The molecule has 4 nitrogen and oxygen atoms in total. The van der Waals surface area contributed by atoms with E-state index in [9.17, 15) is 8.42 Å². The molecule has 3 atom stereocenters. The van der Waals surface area contributed by atoms with Gasteiger partial charge in [0, 0.05) is 11.7 Å². The molecule has 0 saturated heterocycles. The van der Waals surface area contributed by atoms with Gasteiger partial charge in [-0.2, -0.15) is 0 Å². The molecule has 0 radical (unpaired) electrons. The SMILES string of the molecule is CCC1CCC(NS(=O)(=O)c2cccc(N)c2C)C1C. The minimum absolute atomic E-state index is 0.0331. The summed E-state index contributed by atoms with van der Waals surface area (Å²) in [6, 6.07) is 5.06. The summed E-state index contributed by atoms with van der Waals surface area (Å²) in [4.78, 5) is 0.296. The molecule has 3 N–H and O–H groups in total. The molecule has 20 heavy (non-hydrogen) atoms. The second-order valence-electron chi connectivity index (χ2n) is 5.80. The largest absolute Gasteiger partial charge is 0.398 e. The number of rotatable bonds is 4. The third kappa shape index (κ3) is 2.83. The molecular weight excluding hydrogens is 272 g/mol. The van der Waals surface area contributed by atoms with Crippen LogP contribution < -0.4 is 10.5 Å². The topological polar surface area (TPSA) is 72.2 Å². The molecule has 1 aliphatic carbocycles. The first-order chi connectivity index (χ1) is 9.36. The van der Waals surface area contributed by atoms with E-state index in [1.807, 2.05) is 0 Å². The van der Waals surface area contributed by atoms with Gasteiger partial charge in [-0.3, -0.25) is 0 Å². The van der Waals surface area contributed by atoms with E-state index in [2.05, 4.69) is 18.6 Å². The molecule has 0 amide bonds. The normalized spacial score (nSPS) is 26.9. The Morgan fingerprint density at radius 3 is 2.65 bits per heavy atom. The van der Waals surface area contributed by atoms with Gasteiger partial charge >= 0.3 is 0 Å². The number of hydrogen-bond donors (Lipinski definition) is 2. The third-order valence-corrected chi connectivity index (χ3v) is 6.31. The fourth-order valence-corrected chi connectivity index (χ4v) is 4.81. The summed E-state index contributed by atoms with van der Waals surface area (Å²) >= 11 is 0. The van der Waals surface area contributed by atoms with Crippen molar-refractivity contribution < 1.29 is 8.42 Å². The van der Waals surface area contributed by atoms with E-state index < -0.39 is 10.0 Å². The van der Waals surface area contributed by atoms with E-state index in [4.69, 9.17) is 5.73 Å². The first-order valence-corrected chi connectivity index (χ1v) is 8.72. The van der Waals surface area contributed by atoms with Crippen LogP contribution in [0.5, 0.6) is 0 Å². The quantitative estimate of drug-likeness (QED) is 0.839. The number of nitrogens with one attached hydrogen (secondary N) is 1. The van der Waals surface area contributed by atoms with Crippen LogP contribution in [0, 0.1) is 18.8 Å². The van der Waals surface area contributed by atoms with Gasteiger partial charge in [0.1, 0.15) is 0 Å². The second kappa shape index (κ2) is 5.74. The molecule has 1 saturated carbocycles. The van der Waals surface area contributed by atoms with Crippen molar-refractivity contribution in [3.63, 3.8) is 0 Å². The van der Waals surface area contributed by atoms with Gasteiger partial charge in [0.05, 0.1) is 4.90 Å². The monoisotopic (exact) mass is 296 g/mol. The van der Waals surface area contributed by atoms with Crippen molar-refractivity contribution in [3.05, 3.63) is 23.8 Å². The Morgan fingerprint density at radius 2 is 2.05 bits per heavy atom. The number of hydrogen-bond acceptors (Lipinski definition) is 3. The standard InChI is InChI=1S/C15H24N2O2S/c1-4-12-8-9-14(10(12)2)17-20(18,19)15-7-5-6-13(16)11(15)3/h5-7,10,12,14,17H,4,8-9,16H2,1-3H3. The van der Waals surface area contributed by atoms with Gasteiger partial charge in [-0.15, -0.1) is 0 Å². The maximum atomic E-state index is 12.5. The highest BCUT2D eigenvalue weighted by molar-refractivity contribution is 7.89. The van der Waals surface area contributed by atoms with Crippen LogP contribution in [0.1, 0.15) is 38.7 Å². The zero-order chi connectivity index (χ0) is 14.9. The molecule has 0 heterocycles. The predicted octanol–water partition coefficient (Wildman–Crippen LogP) is 2.68. The Hall–Kier alpha value is -1.07. The van der Waals surface area contributed by atoms with E-state index in [0.717, 1.165) is 19.3 Å². The second-order valence-corrected chi connectivity index (χ2v) is 7.49. The Balaban J connectivity index is 2.22.